The second-order valence-electron chi connectivity index (χ2n) is 5.44. The van der Waals surface area contributed by atoms with Crippen LogP contribution in [0.1, 0.15) is 18.9 Å². The lowest BCUT2D eigenvalue weighted by atomic mass is 10.1. The molecular weight excluding hydrogens is 326 g/mol. The van der Waals surface area contributed by atoms with Crippen LogP contribution in [0.3, 0.4) is 0 Å². The SMILES string of the molecule is CCCc1ccc(Cl)cc1Nc1ncnc2cc(OC)c(O)cc12. The Bertz CT molecular complexity index is 884. The molecule has 0 amide bonds. The first-order valence-electron chi connectivity index (χ1n) is 7.69. The molecule has 0 saturated carbocycles. The molecule has 2 N–H and O–H groups in total. The first-order valence-corrected chi connectivity index (χ1v) is 8.07. The summed E-state index contributed by atoms with van der Waals surface area (Å²) in [6.45, 7) is 2.13. The molecule has 3 rings (SSSR count). The molecule has 0 fully saturated rings. The van der Waals surface area contributed by atoms with Gasteiger partial charge in [-0.05, 0) is 30.2 Å². The van der Waals surface area contributed by atoms with E-state index in [1.165, 1.54) is 13.4 Å². The van der Waals surface area contributed by atoms with Crippen LogP contribution < -0.4 is 10.1 Å². The number of aromatic hydroxyl groups is 1. The fraction of sp³-hybridized carbons (Fsp3) is 0.222. The number of methoxy groups -OCH3 is 1. The van der Waals surface area contributed by atoms with Crippen molar-refractivity contribution < 1.29 is 9.84 Å². The van der Waals surface area contributed by atoms with Crippen LogP contribution in [0.5, 0.6) is 11.5 Å². The summed E-state index contributed by atoms with van der Waals surface area (Å²) < 4.78 is 5.13. The fourth-order valence-electron chi connectivity index (χ4n) is 2.62. The minimum atomic E-state index is 0.0442. The van der Waals surface area contributed by atoms with Crippen molar-refractivity contribution in [3.05, 3.63) is 47.2 Å². The second-order valence-corrected chi connectivity index (χ2v) is 5.88. The maximum absolute atomic E-state index is 10.1. The van der Waals surface area contributed by atoms with E-state index >= 15 is 0 Å². The molecule has 0 saturated heterocycles. The molecule has 3 aromatic rings. The molecule has 0 radical (unpaired) electrons. The van der Waals surface area contributed by atoms with E-state index in [1.54, 1.807) is 12.1 Å². The van der Waals surface area contributed by atoms with Crippen molar-refractivity contribution in [2.45, 2.75) is 19.8 Å². The number of hydrogen-bond donors (Lipinski definition) is 2. The number of halogens is 1. The molecule has 0 unspecified atom stereocenters. The van der Waals surface area contributed by atoms with Crippen LogP contribution in [0.15, 0.2) is 36.7 Å². The normalized spacial score (nSPS) is 10.8. The molecule has 5 nitrogen and oxygen atoms in total. The van der Waals surface area contributed by atoms with E-state index in [9.17, 15) is 5.11 Å². The molecular formula is C18H18ClN3O2. The van der Waals surface area contributed by atoms with Gasteiger partial charge in [-0.15, -0.1) is 0 Å². The first-order chi connectivity index (χ1) is 11.6. The molecule has 124 valence electrons. The fourth-order valence-corrected chi connectivity index (χ4v) is 2.79. The van der Waals surface area contributed by atoms with Crippen molar-refractivity contribution in [2.75, 3.05) is 12.4 Å². The smallest absolute Gasteiger partial charge is 0.162 e. The molecule has 6 heteroatoms. The van der Waals surface area contributed by atoms with E-state index in [2.05, 4.69) is 22.2 Å². The lowest BCUT2D eigenvalue weighted by molar-refractivity contribution is 0.374. The Balaban J connectivity index is 2.08. The highest BCUT2D eigenvalue weighted by Crippen LogP contribution is 2.34. The Kier molecular flexibility index (Phi) is 4.71. The van der Waals surface area contributed by atoms with Gasteiger partial charge in [0.25, 0.3) is 0 Å². The number of nitrogens with zero attached hydrogens (tertiary/aromatic N) is 2. The van der Waals surface area contributed by atoms with E-state index in [1.807, 2.05) is 18.2 Å². The predicted molar refractivity (Wildman–Crippen MR) is 96.5 cm³/mol. The number of benzene rings is 2. The summed E-state index contributed by atoms with van der Waals surface area (Å²) in [7, 11) is 1.50. The van der Waals surface area contributed by atoms with E-state index in [4.69, 9.17) is 16.3 Å². The van der Waals surface area contributed by atoms with Gasteiger partial charge in [0.1, 0.15) is 12.1 Å². The summed E-state index contributed by atoms with van der Waals surface area (Å²) in [5, 5.41) is 14.7. The van der Waals surface area contributed by atoms with E-state index < -0.39 is 0 Å². The number of hydrogen-bond acceptors (Lipinski definition) is 5. The zero-order valence-electron chi connectivity index (χ0n) is 13.5. The van der Waals surface area contributed by atoms with Crippen LogP contribution in [-0.4, -0.2) is 22.2 Å². The zero-order chi connectivity index (χ0) is 17.1. The van der Waals surface area contributed by atoms with Crippen molar-refractivity contribution in [1.29, 1.82) is 0 Å². The number of fused-ring (bicyclic) bond motifs is 1. The van der Waals surface area contributed by atoms with Gasteiger partial charge in [0.15, 0.2) is 11.5 Å². The number of aryl methyl sites for hydroxylation is 1. The average Bonchev–Trinajstić information content (AvgIpc) is 2.57. The molecule has 0 spiro atoms. The lowest BCUT2D eigenvalue weighted by Gasteiger charge is -2.14. The van der Waals surface area contributed by atoms with Gasteiger partial charge in [0, 0.05) is 22.2 Å². The van der Waals surface area contributed by atoms with Gasteiger partial charge in [-0.3, -0.25) is 0 Å². The van der Waals surface area contributed by atoms with E-state index in [-0.39, 0.29) is 5.75 Å². The predicted octanol–water partition coefficient (Wildman–Crippen LogP) is 4.69. The Morgan fingerprint density at radius 2 is 2.04 bits per heavy atom. The Morgan fingerprint density at radius 3 is 2.79 bits per heavy atom. The third kappa shape index (κ3) is 3.21. The Labute approximate surface area is 145 Å². The third-order valence-electron chi connectivity index (χ3n) is 3.78. The third-order valence-corrected chi connectivity index (χ3v) is 4.02. The van der Waals surface area contributed by atoms with Crippen molar-refractivity contribution in [2.24, 2.45) is 0 Å². The lowest BCUT2D eigenvalue weighted by Crippen LogP contribution is -2.00. The van der Waals surface area contributed by atoms with Crippen LogP contribution in [0.2, 0.25) is 5.02 Å². The van der Waals surface area contributed by atoms with Crippen molar-refractivity contribution in [3.63, 3.8) is 0 Å². The van der Waals surface area contributed by atoms with Gasteiger partial charge < -0.3 is 15.2 Å². The molecule has 1 heterocycles. The number of nitrogens with one attached hydrogen (secondary N) is 1. The molecule has 0 aliphatic carbocycles. The monoisotopic (exact) mass is 343 g/mol. The first kappa shape index (κ1) is 16.3. The molecule has 0 aliphatic rings. The maximum atomic E-state index is 10.1. The largest absolute Gasteiger partial charge is 0.504 e. The molecule has 0 bridgehead atoms. The van der Waals surface area contributed by atoms with Crippen molar-refractivity contribution in [3.8, 4) is 11.5 Å². The highest BCUT2D eigenvalue weighted by atomic mass is 35.5. The van der Waals surface area contributed by atoms with Crippen LogP contribution >= 0.6 is 11.6 Å². The summed E-state index contributed by atoms with van der Waals surface area (Å²) >= 11 is 6.14. The molecule has 0 aliphatic heterocycles. The Morgan fingerprint density at radius 1 is 1.21 bits per heavy atom. The molecule has 24 heavy (non-hydrogen) atoms. The van der Waals surface area contributed by atoms with Crippen LogP contribution in [-0.2, 0) is 6.42 Å². The van der Waals surface area contributed by atoms with Crippen molar-refractivity contribution >= 4 is 34.0 Å². The highest BCUT2D eigenvalue weighted by molar-refractivity contribution is 6.30. The highest BCUT2D eigenvalue weighted by Gasteiger charge is 2.11. The maximum Gasteiger partial charge on any atom is 0.162 e. The molecule has 0 atom stereocenters. The number of phenols is 1. The number of anilines is 2. The summed E-state index contributed by atoms with van der Waals surface area (Å²) in [6, 6.07) is 9.05. The molecule has 2 aromatic carbocycles. The van der Waals surface area contributed by atoms with Crippen LogP contribution in [0, 0.1) is 0 Å². The number of ether oxygens (including phenoxy) is 1. The van der Waals surface area contributed by atoms with Crippen molar-refractivity contribution in [1.82, 2.24) is 9.97 Å². The topological polar surface area (TPSA) is 67.3 Å². The minimum Gasteiger partial charge on any atom is -0.504 e. The van der Waals surface area contributed by atoms with Crippen LogP contribution in [0.4, 0.5) is 11.5 Å². The number of phenolic OH excluding ortho intramolecular Hbond substituents is 1. The number of rotatable bonds is 5. The van der Waals surface area contributed by atoms with Gasteiger partial charge in [0.2, 0.25) is 0 Å². The summed E-state index contributed by atoms with van der Waals surface area (Å²) in [4.78, 5) is 8.55. The Hall–Kier alpha value is -2.53. The second kappa shape index (κ2) is 6.93. The average molecular weight is 344 g/mol. The summed E-state index contributed by atoms with van der Waals surface area (Å²) in [5.41, 5.74) is 2.74. The van der Waals surface area contributed by atoms with E-state index in [0.29, 0.717) is 27.5 Å². The minimum absolute atomic E-state index is 0.0442. The van der Waals surface area contributed by atoms with Crippen LogP contribution in [0.25, 0.3) is 10.9 Å². The van der Waals surface area contributed by atoms with Gasteiger partial charge in [-0.25, -0.2) is 9.97 Å². The summed E-state index contributed by atoms with van der Waals surface area (Å²) in [6.07, 6.45) is 3.44. The molecule has 1 aromatic heterocycles. The van der Waals surface area contributed by atoms with Gasteiger partial charge in [-0.1, -0.05) is 31.0 Å². The zero-order valence-corrected chi connectivity index (χ0v) is 14.3. The van der Waals surface area contributed by atoms with E-state index in [0.717, 1.165) is 24.1 Å². The van der Waals surface area contributed by atoms with Gasteiger partial charge in [0.05, 0.1) is 12.6 Å². The number of aromatic nitrogens is 2. The quantitative estimate of drug-likeness (QED) is 0.703. The van der Waals surface area contributed by atoms with Gasteiger partial charge >= 0.3 is 0 Å². The van der Waals surface area contributed by atoms with Gasteiger partial charge in [-0.2, -0.15) is 0 Å². The standard InChI is InChI=1S/C18H18ClN3O2/c1-3-4-11-5-6-12(19)7-14(11)22-18-13-8-16(23)17(24-2)9-15(13)20-10-21-18/h5-10,23H,3-4H2,1-2H3,(H,20,21,22). The summed E-state index contributed by atoms with van der Waals surface area (Å²) in [5.74, 6) is 1.03.